The molecule has 0 fully saturated rings. The van der Waals surface area contributed by atoms with Crippen molar-refractivity contribution in [3.8, 4) is 22.5 Å². The molecule has 0 bridgehead atoms. The maximum atomic E-state index is 13.6. The Balaban J connectivity index is 1.83. The van der Waals surface area contributed by atoms with Crippen molar-refractivity contribution in [1.82, 2.24) is 14.6 Å². The van der Waals surface area contributed by atoms with Gasteiger partial charge < -0.3 is 11.1 Å². The van der Waals surface area contributed by atoms with E-state index in [0.29, 0.717) is 11.3 Å². The molecule has 0 amide bonds. The maximum Gasteiger partial charge on any atom is 0.158 e. The van der Waals surface area contributed by atoms with E-state index in [9.17, 15) is 4.39 Å². The maximum absolute atomic E-state index is 13.6. The molecule has 0 unspecified atom stereocenters. The summed E-state index contributed by atoms with van der Waals surface area (Å²) in [5, 5.41) is 8.07. The number of quaternary nitrogens is 1. The smallest absolute Gasteiger partial charge is 0.158 e. The van der Waals surface area contributed by atoms with Crippen molar-refractivity contribution in [3.63, 3.8) is 0 Å². The Morgan fingerprint density at radius 3 is 2.52 bits per heavy atom. The van der Waals surface area contributed by atoms with Gasteiger partial charge in [-0.1, -0.05) is 42.5 Å². The second kappa shape index (κ2) is 7.55. The first-order chi connectivity index (χ1) is 13.2. The third-order valence-electron chi connectivity index (χ3n) is 4.35. The van der Waals surface area contributed by atoms with Crippen LogP contribution in [0.25, 0.3) is 28.2 Å². The summed E-state index contributed by atoms with van der Waals surface area (Å²) in [5.41, 5.74) is 7.92. The molecule has 0 aliphatic carbocycles. The molecule has 2 heterocycles. The fraction of sp³-hybridized carbons (Fsp3) is 0.143. The highest BCUT2D eigenvalue weighted by Gasteiger charge is 2.12. The Hall–Kier alpha value is -3.25. The molecular formula is C21H21FN5+. The van der Waals surface area contributed by atoms with Crippen LogP contribution < -0.4 is 11.1 Å². The van der Waals surface area contributed by atoms with Crippen LogP contribution in [0.5, 0.6) is 0 Å². The molecular weight excluding hydrogens is 341 g/mol. The molecule has 0 spiro atoms. The molecule has 0 atom stereocenters. The lowest BCUT2D eigenvalue weighted by molar-refractivity contribution is -0.367. The van der Waals surface area contributed by atoms with Crippen molar-refractivity contribution >= 4 is 11.5 Å². The van der Waals surface area contributed by atoms with Gasteiger partial charge in [0.25, 0.3) is 0 Å². The first-order valence-corrected chi connectivity index (χ1v) is 9.00. The number of nitrogens with zero attached hydrogens (tertiary/aromatic N) is 3. The number of benzene rings is 2. The Bertz CT molecular complexity index is 1060. The highest BCUT2D eigenvalue weighted by Crippen LogP contribution is 2.26. The van der Waals surface area contributed by atoms with E-state index in [-0.39, 0.29) is 5.82 Å². The first-order valence-electron chi connectivity index (χ1n) is 9.00. The lowest BCUT2D eigenvalue weighted by Gasteiger charge is -2.10. The van der Waals surface area contributed by atoms with Crippen molar-refractivity contribution in [3.05, 3.63) is 72.5 Å². The average Bonchev–Trinajstić information content (AvgIpc) is 3.13. The number of halogens is 1. The SMILES string of the molecule is [NH3+]CCCNc1cc(-c2ccccc2)nc2cc(-c3cccc(F)c3)nn12. The van der Waals surface area contributed by atoms with E-state index >= 15 is 0 Å². The van der Waals surface area contributed by atoms with Crippen LogP contribution in [0.15, 0.2) is 66.7 Å². The van der Waals surface area contributed by atoms with Crippen molar-refractivity contribution in [2.24, 2.45) is 0 Å². The van der Waals surface area contributed by atoms with Crippen molar-refractivity contribution in [2.75, 3.05) is 18.4 Å². The average molecular weight is 362 g/mol. The fourth-order valence-electron chi connectivity index (χ4n) is 2.99. The number of rotatable bonds is 6. The Labute approximate surface area is 156 Å². The number of anilines is 1. The van der Waals surface area contributed by atoms with Crippen molar-refractivity contribution < 1.29 is 10.1 Å². The quantitative estimate of drug-likeness (QED) is 0.517. The number of fused-ring (bicyclic) bond motifs is 1. The van der Waals surface area contributed by atoms with Gasteiger partial charge in [-0.2, -0.15) is 9.61 Å². The van der Waals surface area contributed by atoms with Crippen molar-refractivity contribution in [2.45, 2.75) is 6.42 Å². The summed E-state index contributed by atoms with van der Waals surface area (Å²) < 4.78 is 15.4. The van der Waals surface area contributed by atoms with Gasteiger partial charge in [-0.05, 0) is 12.1 Å². The van der Waals surface area contributed by atoms with Crippen LogP contribution in [0, 0.1) is 5.82 Å². The summed E-state index contributed by atoms with van der Waals surface area (Å²) in [7, 11) is 0. The Morgan fingerprint density at radius 2 is 1.74 bits per heavy atom. The molecule has 0 aliphatic heterocycles. The zero-order valence-electron chi connectivity index (χ0n) is 14.9. The molecule has 6 heteroatoms. The van der Waals surface area contributed by atoms with Gasteiger partial charge in [-0.15, -0.1) is 0 Å². The highest BCUT2D eigenvalue weighted by molar-refractivity contribution is 5.70. The predicted molar refractivity (Wildman–Crippen MR) is 105 cm³/mol. The van der Waals surface area contributed by atoms with Gasteiger partial charge in [0.1, 0.15) is 11.6 Å². The van der Waals surface area contributed by atoms with Gasteiger partial charge in [0.2, 0.25) is 0 Å². The van der Waals surface area contributed by atoms with E-state index < -0.39 is 0 Å². The van der Waals surface area contributed by atoms with Gasteiger partial charge in [0.05, 0.1) is 17.9 Å². The molecule has 2 aromatic heterocycles. The minimum Gasteiger partial charge on any atom is -0.370 e. The van der Waals surface area contributed by atoms with E-state index in [1.54, 1.807) is 10.6 Å². The van der Waals surface area contributed by atoms with Crippen LogP contribution in [0.1, 0.15) is 6.42 Å². The summed E-state index contributed by atoms with van der Waals surface area (Å²) in [6.07, 6.45) is 0.961. The molecule has 0 saturated heterocycles. The monoisotopic (exact) mass is 362 g/mol. The largest absolute Gasteiger partial charge is 0.370 e. The van der Waals surface area contributed by atoms with Gasteiger partial charge in [0.15, 0.2) is 5.65 Å². The highest BCUT2D eigenvalue weighted by atomic mass is 19.1. The van der Waals surface area contributed by atoms with E-state index in [1.807, 2.05) is 48.5 Å². The third kappa shape index (κ3) is 3.66. The van der Waals surface area contributed by atoms with Crippen LogP contribution >= 0.6 is 0 Å². The van der Waals surface area contributed by atoms with Crippen LogP contribution in [0.2, 0.25) is 0 Å². The van der Waals surface area contributed by atoms with E-state index in [0.717, 1.165) is 42.1 Å². The molecule has 4 rings (SSSR count). The van der Waals surface area contributed by atoms with Gasteiger partial charge in [0, 0.05) is 36.2 Å². The topological polar surface area (TPSA) is 69.9 Å². The second-order valence-electron chi connectivity index (χ2n) is 6.34. The standard InChI is InChI=1S/C21H20FN5/c22-17-9-4-8-16(12-17)19-14-21-25-18(15-6-2-1-3-7-15)13-20(27(21)26-19)24-11-5-10-23/h1-4,6-9,12-14,24H,5,10-11,23H2/p+1. The van der Waals surface area contributed by atoms with Gasteiger partial charge >= 0.3 is 0 Å². The summed E-state index contributed by atoms with van der Waals surface area (Å²) >= 11 is 0. The lowest BCUT2D eigenvalue weighted by atomic mass is 10.1. The molecule has 2 aromatic carbocycles. The lowest BCUT2D eigenvalue weighted by Crippen LogP contribution is -2.50. The minimum atomic E-state index is -0.281. The van der Waals surface area contributed by atoms with E-state index in [4.69, 9.17) is 4.98 Å². The Kier molecular flexibility index (Phi) is 4.80. The van der Waals surface area contributed by atoms with E-state index in [2.05, 4.69) is 16.1 Å². The first kappa shape index (κ1) is 17.2. The molecule has 5 nitrogen and oxygen atoms in total. The van der Waals surface area contributed by atoms with Crippen LogP contribution in [-0.2, 0) is 0 Å². The van der Waals surface area contributed by atoms with Crippen LogP contribution in [-0.4, -0.2) is 27.7 Å². The third-order valence-corrected chi connectivity index (χ3v) is 4.35. The zero-order chi connectivity index (χ0) is 18.6. The molecule has 0 radical (unpaired) electrons. The molecule has 4 N–H and O–H groups in total. The molecule has 4 aromatic rings. The molecule has 136 valence electrons. The normalized spacial score (nSPS) is 11.0. The van der Waals surface area contributed by atoms with E-state index in [1.165, 1.54) is 12.1 Å². The summed E-state index contributed by atoms with van der Waals surface area (Å²) in [6.45, 7) is 1.66. The van der Waals surface area contributed by atoms with Crippen LogP contribution in [0.3, 0.4) is 0 Å². The zero-order valence-corrected chi connectivity index (χ0v) is 14.9. The number of nitrogens with one attached hydrogen (secondary N) is 1. The minimum absolute atomic E-state index is 0.281. The Morgan fingerprint density at radius 1 is 0.926 bits per heavy atom. The van der Waals surface area contributed by atoms with Crippen LogP contribution in [0.4, 0.5) is 10.2 Å². The second-order valence-corrected chi connectivity index (χ2v) is 6.34. The van der Waals surface area contributed by atoms with Gasteiger partial charge in [-0.3, -0.25) is 0 Å². The number of hydrogen-bond acceptors (Lipinski definition) is 3. The van der Waals surface area contributed by atoms with Crippen molar-refractivity contribution in [1.29, 1.82) is 0 Å². The fourth-order valence-corrected chi connectivity index (χ4v) is 2.99. The number of hydrogen-bond donors (Lipinski definition) is 2. The number of aromatic nitrogens is 3. The summed E-state index contributed by atoms with van der Waals surface area (Å²) in [5.74, 6) is 0.575. The van der Waals surface area contributed by atoms with Gasteiger partial charge in [-0.25, -0.2) is 9.37 Å². The molecule has 0 aliphatic rings. The summed E-state index contributed by atoms with van der Waals surface area (Å²) in [4.78, 5) is 4.76. The molecule has 27 heavy (non-hydrogen) atoms. The summed E-state index contributed by atoms with van der Waals surface area (Å²) in [6, 6.07) is 20.3. The predicted octanol–water partition coefficient (Wildman–Crippen LogP) is 3.25. The molecule has 0 saturated carbocycles.